The van der Waals surface area contributed by atoms with Crippen molar-refractivity contribution >= 4 is 39.0 Å². The molecule has 0 aliphatic carbocycles. The predicted octanol–water partition coefficient (Wildman–Crippen LogP) is 4.71. The normalized spacial score (nSPS) is 25.5. The molecule has 1 aromatic heterocycles. The third kappa shape index (κ3) is 3.53. The van der Waals surface area contributed by atoms with E-state index >= 15 is 0 Å². The second kappa shape index (κ2) is 6.78. The molecule has 1 aromatic rings. The lowest BCUT2D eigenvalue weighted by Crippen LogP contribution is -2.47. The van der Waals surface area contributed by atoms with E-state index in [4.69, 9.17) is 0 Å². The van der Waals surface area contributed by atoms with Gasteiger partial charge in [0, 0.05) is 20.1 Å². The first-order valence-electron chi connectivity index (χ1n) is 6.75. The summed E-state index contributed by atoms with van der Waals surface area (Å²) in [6.07, 6.45) is 5.09. The third-order valence-corrected chi connectivity index (χ3v) is 7.30. The summed E-state index contributed by atoms with van der Waals surface area (Å²) in [7, 11) is 0. The quantitative estimate of drug-likeness (QED) is 0.799. The van der Waals surface area contributed by atoms with Gasteiger partial charge >= 0.3 is 0 Å². The van der Waals surface area contributed by atoms with Gasteiger partial charge in [0.05, 0.1) is 0 Å². The van der Waals surface area contributed by atoms with Crippen molar-refractivity contribution in [2.24, 2.45) is 0 Å². The Balaban J connectivity index is 2.07. The van der Waals surface area contributed by atoms with Crippen molar-refractivity contribution in [3.8, 4) is 0 Å². The Morgan fingerprint density at radius 3 is 2.94 bits per heavy atom. The zero-order valence-corrected chi connectivity index (χ0v) is 14.4. The minimum Gasteiger partial charge on any atom is -0.312 e. The average Bonchev–Trinajstić information content (AvgIpc) is 2.95. The molecule has 0 saturated carbocycles. The second-order valence-electron chi connectivity index (χ2n) is 5.17. The third-order valence-electron chi connectivity index (χ3n) is 3.71. The van der Waals surface area contributed by atoms with E-state index in [0.29, 0.717) is 10.8 Å². The maximum atomic E-state index is 3.78. The van der Waals surface area contributed by atoms with E-state index in [9.17, 15) is 0 Å². The van der Waals surface area contributed by atoms with Gasteiger partial charge in [-0.2, -0.15) is 11.8 Å². The van der Waals surface area contributed by atoms with Crippen LogP contribution in [0, 0.1) is 0 Å². The standard InChI is InChI=1S/C14H22BrNS2/c1-3-7-16-13(14(2)6-4-8-18-14)10-12-11(15)5-9-17-12/h5,9,13,16H,3-4,6-8,10H2,1-2H3. The number of rotatable bonds is 6. The summed E-state index contributed by atoms with van der Waals surface area (Å²) < 4.78 is 1.70. The minimum absolute atomic E-state index is 0.415. The van der Waals surface area contributed by atoms with Crippen molar-refractivity contribution in [1.82, 2.24) is 5.32 Å². The molecule has 2 unspecified atom stereocenters. The summed E-state index contributed by atoms with van der Waals surface area (Å²) >= 11 is 7.70. The van der Waals surface area contributed by atoms with Gasteiger partial charge in [-0.1, -0.05) is 6.92 Å². The molecular formula is C14H22BrNS2. The predicted molar refractivity (Wildman–Crippen MR) is 87.9 cm³/mol. The van der Waals surface area contributed by atoms with E-state index in [-0.39, 0.29) is 0 Å². The van der Waals surface area contributed by atoms with E-state index in [2.05, 4.69) is 58.3 Å². The van der Waals surface area contributed by atoms with E-state index in [1.165, 1.54) is 34.4 Å². The zero-order chi connectivity index (χ0) is 13.0. The largest absolute Gasteiger partial charge is 0.312 e. The average molecular weight is 348 g/mol. The maximum Gasteiger partial charge on any atom is 0.0314 e. The fraction of sp³-hybridized carbons (Fsp3) is 0.714. The molecule has 1 saturated heterocycles. The maximum absolute atomic E-state index is 3.78. The van der Waals surface area contributed by atoms with Gasteiger partial charge in [0.1, 0.15) is 0 Å². The topological polar surface area (TPSA) is 12.0 Å². The highest BCUT2D eigenvalue weighted by molar-refractivity contribution is 9.10. The number of nitrogens with one attached hydrogen (secondary N) is 1. The SMILES string of the molecule is CCCNC(Cc1sccc1Br)C1(C)CCCS1. The Labute approximate surface area is 127 Å². The molecule has 18 heavy (non-hydrogen) atoms. The molecular weight excluding hydrogens is 326 g/mol. The van der Waals surface area contributed by atoms with Crippen LogP contribution in [0.1, 0.15) is 38.0 Å². The fourth-order valence-electron chi connectivity index (χ4n) is 2.55. The van der Waals surface area contributed by atoms with E-state index < -0.39 is 0 Å². The summed E-state index contributed by atoms with van der Waals surface area (Å²) in [5.74, 6) is 1.33. The molecule has 1 N–H and O–H groups in total. The smallest absolute Gasteiger partial charge is 0.0314 e. The molecule has 0 aromatic carbocycles. The number of hydrogen-bond acceptors (Lipinski definition) is 3. The first kappa shape index (κ1) is 14.9. The summed E-state index contributed by atoms with van der Waals surface area (Å²) in [4.78, 5) is 1.48. The molecule has 0 radical (unpaired) electrons. The lowest BCUT2D eigenvalue weighted by Gasteiger charge is -2.34. The molecule has 1 aliphatic heterocycles. The van der Waals surface area contributed by atoms with Crippen LogP contribution in [0.4, 0.5) is 0 Å². The van der Waals surface area contributed by atoms with Gasteiger partial charge in [-0.25, -0.2) is 0 Å². The monoisotopic (exact) mass is 347 g/mol. The van der Waals surface area contributed by atoms with Gasteiger partial charge in [0.25, 0.3) is 0 Å². The van der Waals surface area contributed by atoms with E-state index in [1.54, 1.807) is 0 Å². The summed E-state index contributed by atoms with van der Waals surface area (Å²) in [5, 5.41) is 5.96. The fourth-order valence-corrected chi connectivity index (χ4v) is 5.53. The lowest BCUT2D eigenvalue weighted by atomic mass is 9.93. The van der Waals surface area contributed by atoms with Crippen molar-refractivity contribution in [1.29, 1.82) is 0 Å². The van der Waals surface area contributed by atoms with Gasteiger partial charge in [-0.3, -0.25) is 0 Å². The van der Waals surface area contributed by atoms with Crippen LogP contribution in [0.5, 0.6) is 0 Å². The van der Waals surface area contributed by atoms with Crippen LogP contribution in [0.15, 0.2) is 15.9 Å². The molecule has 0 amide bonds. The molecule has 2 atom stereocenters. The Morgan fingerprint density at radius 1 is 1.56 bits per heavy atom. The number of hydrogen-bond donors (Lipinski definition) is 1. The van der Waals surface area contributed by atoms with E-state index in [0.717, 1.165) is 13.0 Å². The van der Waals surface area contributed by atoms with Crippen LogP contribution in [-0.4, -0.2) is 23.1 Å². The molecule has 0 bridgehead atoms. The number of thiophene rings is 1. The van der Waals surface area contributed by atoms with Crippen LogP contribution in [0.3, 0.4) is 0 Å². The van der Waals surface area contributed by atoms with E-state index in [1.807, 2.05) is 11.3 Å². The van der Waals surface area contributed by atoms with Gasteiger partial charge in [-0.15, -0.1) is 11.3 Å². The molecule has 1 nitrogen and oxygen atoms in total. The molecule has 102 valence electrons. The summed E-state index contributed by atoms with van der Waals surface area (Å²) in [6, 6.07) is 2.76. The van der Waals surface area contributed by atoms with Gasteiger partial charge in [0.15, 0.2) is 0 Å². The minimum atomic E-state index is 0.415. The lowest BCUT2D eigenvalue weighted by molar-refractivity contribution is 0.400. The van der Waals surface area contributed by atoms with Crippen molar-refractivity contribution in [3.05, 3.63) is 20.8 Å². The highest BCUT2D eigenvalue weighted by Crippen LogP contribution is 2.42. The van der Waals surface area contributed by atoms with Crippen LogP contribution in [0.2, 0.25) is 0 Å². The Kier molecular flexibility index (Phi) is 5.61. The Morgan fingerprint density at radius 2 is 2.39 bits per heavy atom. The second-order valence-corrected chi connectivity index (χ2v) is 8.65. The van der Waals surface area contributed by atoms with Gasteiger partial charge in [-0.05, 0) is 72.3 Å². The van der Waals surface area contributed by atoms with Crippen LogP contribution >= 0.6 is 39.0 Å². The summed E-state index contributed by atoms with van der Waals surface area (Å²) in [6.45, 7) is 5.82. The highest BCUT2D eigenvalue weighted by atomic mass is 79.9. The first-order chi connectivity index (χ1) is 8.65. The van der Waals surface area contributed by atoms with Crippen LogP contribution in [0.25, 0.3) is 0 Å². The van der Waals surface area contributed by atoms with Crippen LogP contribution in [-0.2, 0) is 6.42 Å². The Bertz CT molecular complexity index is 372. The molecule has 2 heterocycles. The molecule has 2 rings (SSSR count). The molecule has 1 fully saturated rings. The molecule has 4 heteroatoms. The highest BCUT2D eigenvalue weighted by Gasteiger charge is 2.37. The van der Waals surface area contributed by atoms with Crippen molar-refractivity contribution in [2.75, 3.05) is 12.3 Å². The van der Waals surface area contributed by atoms with Gasteiger partial charge in [0.2, 0.25) is 0 Å². The first-order valence-corrected chi connectivity index (χ1v) is 9.41. The van der Waals surface area contributed by atoms with Crippen molar-refractivity contribution in [3.63, 3.8) is 0 Å². The van der Waals surface area contributed by atoms with Gasteiger partial charge < -0.3 is 5.32 Å². The Hall–Kier alpha value is 0.490. The zero-order valence-electron chi connectivity index (χ0n) is 11.2. The number of halogens is 1. The molecule has 0 spiro atoms. The number of thioether (sulfide) groups is 1. The van der Waals surface area contributed by atoms with Crippen molar-refractivity contribution in [2.45, 2.75) is 50.3 Å². The summed E-state index contributed by atoms with van der Waals surface area (Å²) in [5.41, 5.74) is 0. The molecule has 1 aliphatic rings. The van der Waals surface area contributed by atoms with Crippen LogP contribution < -0.4 is 5.32 Å². The van der Waals surface area contributed by atoms with Crippen molar-refractivity contribution < 1.29 is 0 Å².